The molecule has 0 aromatic rings. The van der Waals surface area contributed by atoms with E-state index in [1.54, 1.807) is 0 Å². The van der Waals surface area contributed by atoms with Gasteiger partial charge in [-0.3, -0.25) is 0 Å². The van der Waals surface area contributed by atoms with Gasteiger partial charge in [-0.1, -0.05) is 40.0 Å². The van der Waals surface area contributed by atoms with E-state index in [0.717, 1.165) is 44.9 Å². The maximum absolute atomic E-state index is 9.11. The Hall–Kier alpha value is -0.120. The van der Waals surface area contributed by atoms with Crippen LogP contribution in [0.4, 0.5) is 0 Å². The average molecular weight is 233 g/mol. The van der Waals surface area contributed by atoms with E-state index >= 15 is 0 Å². The Morgan fingerprint density at radius 2 is 1.50 bits per heavy atom. The fourth-order valence-electron chi connectivity index (χ4n) is 2.69. The Bertz CT molecular complexity index is 139. The second-order valence-electron chi connectivity index (χ2n) is 4.73. The van der Waals surface area contributed by atoms with Crippen LogP contribution in [0.25, 0.3) is 0 Å². The number of rotatable bonds is 9. The molecule has 0 radical (unpaired) electrons. The van der Waals surface area contributed by atoms with Crippen LogP contribution in [0.3, 0.4) is 0 Å². The average Bonchev–Trinajstić information content (AvgIpc) is 2.18. The molecule has 0 saturated carbocycles. The van der Waals surface area contributed by atoms with Crippen molar-refractivity contribution in [2.45, 2.75) is 71.3 Å². The number of hydrogen-bond donors (Lipinski definition) is 2. The van der Waals surface area contributed by atoms with E-state index in [0.29, 0.717) is 5.92 Å². The maximum Gasteiger partial charge on any atom is 0.0434 e. The van der Waals surface area contributed by atoms with E-state index in [9.17, 15) is 0 Å². The first kappa shape index (κ1) is 18.3. The highest BCUT2D eigenvalue weighted by Crippen LogP contribution is 2.31. The van der Waals surface area contributed by atoms with E-state index in [-0.39, 0.29) is 17.6 Å². The van der Waals surface area contributed by atoms with Gasteiger partial charge in [0.2, 0.25) is 0 Å². The van der Waals surface area contributed by atoms with Gasteiger partial charge in [0.25, 0.3) is 0 Å². The summed E-state index contributed by atoms with van der Waals surface area (Å²) < 4.78 is 0. The van der Waals surface area contributed by atoms with Crippen molar-refractivity contribution in [2.75, 3.05) is 6.61 Å². The first-order valence-electron chi connectivity index (χ1n) is 6.54. The molecule has 1 atom stereocenters. The monoisotopic (exact) mass is 233 g/mol. The van der Waals surface area contributed by atoms with Crippen LogP contribution in [-0.2, 0) is 0 Å². The van der Waals surface area contributed by atoms with E-state index in [2.05, 4.69) is 20.8 Å². The lowest BCUT2D eigenvalue weighted by molar-refractivity contribution is 0.164. The summed E-state index contributed by atoms with van der Waals surface area (Å²) in [5, 5.41) is 9.11. The standard InChI is InChI=1S/C13H29NO.H2O/c1-4-7-12(8-11-15)13(14,9-5-2)10-6-3;/h12,15H,4-11,14H2,1-3H3;1H2. The quantitative estimate of drug-likeness (QED) is 0.640. The first-order valence-corrected chi connectivity index (χ1v) is 6.54. The molecule has 5 N–H and O–H groups in total. The fraction of sp³-hybridized carbons (Fsp3) is 1.00. The van der Waals surface area contributed by atoms with Crippen LogP contribution >= 0.6 is 0 Å². The third-order valence-electron chi connectivity index (χ3n) is 3.36. The van der Waals surface area contributed by atoms with Crippen LogP contribution in [0.5, 0.6) is 0 Å². The second kappa shape index (κ2) is 10.1. The summed E-state index contributed by atoms with van der Waals surface area (Å²) in [7, 11) is 0. The van der Waals surface area contributed by atoms with Gasteiger partial charge in [-0.05, 0) is 31.6 Å². The topological polar surface area (TPSA) is 77.8 Å². The Kier molecular flexibility index (Phi) is 11.5. The molecule has 0 aliphatic heterocycles. The van der Waals surface area contributed by atoms with Crippen LogP contribution in [0.2, 0.25) is 0 Å². The molecule has 0 fully saturated rings. The molecule has 0 aliphatic carbocycles. The van der Waals surface area contributed by atoms with Gasteiger partial charge in [0.1, 0.15) is 0 Å². The van der Waals surface area contributed by atoms with Crippen molar-refractivity contribution < 1.29 is 10.6 Å². The molecule has 3 nitrogen and oxygen atoms in total. The Balaban J connectivity index is 0. The highest BCUT2D eigenvalue weighted by Gasteiger charge is 2.31. The molecule has 0 heterocycles. The minimum Gasteiger partial charge on any atom is -0.412 e. The Morgan fingerprint density at radius 1 is 1.00 bits per heavy atom. The van der Waals surface area contributed by atoms with Crippen molar-refractivity contribution in [3.05, 3.63) is 0 Å². The molecule has 3 heteroatoms. The molecule has 1 unspecified atom stereocenters. The number of aliphatic hydroxyl groups excluding tert-OH is 1. The van der Waals surface area contributed by atoms with Crippen molar-refractivity contribution in [3.63, 3.8) is 0 Å². The molecule has 0 spiro atoms. The molecule has 0 aromatic heterocycles. The van der Waals surface area contributed by atoms with Gasteiger partial charge in [-0.15, -0.1) is 0 Å². The van der Waals surface area contributed by atoms with E-state index in [1.165, 1.54) is 0 Å². The summed E-state index contributed by atoms with van der Waals surface area (Å²) in [5.41, 5.74) is 6.48. The van der Waals surface area contributed by atoms with E-state index < -0.39 is 0 Å². The molecule has 0 bridgehead atoms. The highest BCUT2D eigenvalue weighted by atomic mass is 16.3. The molecule has 0 saturated heterocycles. The largest absolute Gasteiger partial charge is 0.412 e. The lowest BCUT2D eigenvalue weighted by Gasteiger charge is -2.37. The zero-order chi connectivity index (χ0) is 11.7. The molecular formula is C13H31NO2. The smallest absolute Gasteiger partial charge is 0.0434 e. The van der Waals surface area contributed by atoms with E-state index in [1.807, 2.05) is 0 Å². The Morgan fingerprint density at radius 3 is 1.81 bits per heavy atom. The summed E-state index contributed by atoms with van der Waals surface area (Å²) in [5.74, 6) is 0.493. The van der Waals surface area contributed by atoms with Crippen molar-refractivity contribution >= 4 is 0 Å². The Labute approximate surface area is 101 Å². The SMILES string of the molecule is CCCC(CCO)C(N)(CCC)CCC.O. The van der Waals surface area contributed by atoms with Gasteiger partial charge in [0.15, 0.2) is 0 Å². The summed E-state index contributed by atoms with van der Waals surface area (Å²) in [6, 6.07) is 0. The zero-order valence-corrected chi connectivity index (χ0v) is 11.3. The number of hydrogen-bond acceptors (Lipinski definition) is 2. The lowest BCUT2D eigenvalue weighted by Crippen LogP contribution is -2.47. The minimum absolute atomic E-state index is 0. The summed E-state index contributed by atoms with van der Waals surface area (Å²) >= 11 is 0. The zero-order valence-electron chi connectivity index (χ0n) is 11.3. The number of aliphatic hydroxyl groups is 1. The minimum atomic E-state index is -0.0394. The van der Waals surface area contributed by atoms with Crippen LogP contribution in [0, 0.1) is 5.92 Å². The van der Waals surface area contributed by atoms with E-state index in [4.69, 9.17) is 10.8 Å². The van der Waals surface area contributed by atoms with Crippen LogP contribution in [0.1, 0.15) is 65.7 Å². The van der Waals surface area contributed by atoms with Gasteiger partial charge in [0.05, 0.1) is 0 Å². The molecular weight excluding hydrogens is 202 g/mol. The van der Waals surface area contributed by atoms with Gasteiger partial charge in [-0.25, -0.2) is 0 Å². The van der Waals surface area contributed by atoms with Crippen molar-refractivity contribution in [1.29, 1.82) is 0 Å². The van der Waals surface area contributed by atoms with Crippen molar-refractivity contribution in [1.82, 2.24) is 0 Å². The molecule has 0 aliphatic rings. The van der Waals surface area contributed by atoms with Crippen LogP contribution in [-0.4, -0.2) is 22.7 Å². The normalized spacial score (nSPS) is 13.3. The van der Waals surface area contributed by atoms with Crippen molar-refractivity contribution in [2.24, 2.45) is 11.7 Å². The molecule has 0 rings (SSSR count). The molecule has 0 aromatic carbocycles. The predicted molar refractivity (Wildman–Crippen MR) is 70.4 cm³/mol. The van der Waals surface area contributed by atoms with Gasteiger partial charge >= 0.3 is 0 Å². The predicted octanol–water partition coefficient (Wildman–Crippen LogP) is 2.26. The third kappa shape index (κ3) is 5.83. The lowest BCUT2D eigenvalue weighted by atomic mass is 9.74. The molecule has 0 amide bonds. The second-order valence-corrected chi connectivity index (χ2v) is 4.73. The first-order chi connectivity index (χ1) is 7.14. The van der Waals surface area contributed by atoms with Crippen LogP contribution < -0.4 is 5.73 Å². The summed E-state index contributed by atoms with van der Waals surface area (Å²) in [6.07, 6.45) is 7.64. The fourth-order valence-corrected chi connectivity index (χ4v) is 2.69. The number of nitrogens with two attached hydrogens (primary N) is 1. The van der Waals surface area contributed by atoms with Gasteiger partial charge < -0.3 is 16.3 Å². The van der Waals surface area contributed by atoms with Crippen LogP contribution in [0.15, 0.2) is 0 Å². The highest BCUT2D eigenvalue weighted by molar-refractivity contribution is 4.90. The summed E-state index contributed by atoms with van der Waals surface area (Å²) in [4.78, 5) is 0. The van der Waals surface area contributed by atoms with Crippen molar-refractivity contribution in [3.8, 4) is 0 Å². The molecule has 100 valence electrons. The maximum atomic E-state index is 9.11. The third-order valence-corrected chi connectivity index (χ3v) is 3.36. The summed E-state index contributed by atoms with van der Waals surface area (Å²) in [6.45, 7) is 6.86. The van der Waals surface area contributed by atoms with Gasteiger partial charge in [-0.2, -0.15) is 0 Å². The molecule has 16 heavy (non-hydrogen) atoms. The van der Waals surface area contributed by atoms with Gasteiger partial charge in [0, 0.05) is 12.1 Å².